The number of phenolic OH excluding ortho intramolecular Hbond substituents is 1. The first-order valence-electron chi connectivity index (χ1n) is 6.06. The Bertz CT molecular complexity index is 711. The molecule has 108 valence electrons. The Labute approximate surface area is 129 Å². The molecule has 2 rings (SSSR count). The lowest BCUT2D eigenvalue weighted by atomic mass is 10.1. The fraction of sp³-hybridized carbons (Fsp3) is 0.0625. The molecular formula is C16H12BrFO3. The number of carbonyl (C=O) groups is 1. The molecule has 0 saturated heterocycles. The molecule has 5 heteroatoms. The standard InChI is InChI=1S/C16H12BrFO3/c1-21-16-9-12(17)10(8-15(16)20)6-7-14(19)11-4-2-3-5-13(11)18/h2-9,20H,1H3/b7-6+. The van der Waals surface area contributed by atoms with Gasteiger partial charge in [-0.2, -0.15) is 0 Å². The average molecular weight is 351 g/mol. The van der Waals surface area contributed by atoms with Gasteiger partial charge in [-0.25, -0.2) is 4.39 Å². The molecule has 0 bridgehead atoms. The van der Waals surface area contributed by atoms with E-state index in [9.17, 15) is 14.3 Å². The van der Waals surface area contributed by atoms with Crippen LogP contribution in [0.15, 0.2) is 46.9 Å². The van der Waals surface area contributed by atoms with E-state index in [0.717, 1.165) is 0 Å². The number of carbonyl (C=O) groups excluding carboxylic acids is 1. The van der Waals surface area contributed by atoms with Crippen molar-refractivity contribution in [3.8, 4) is 11.5 Å². The first-order valence-corrected chi connectivity index (χ1v) is 6.85. The highest BCUT2D eigenvalue weighted by Gasteiger charge is 2.09. The van der Waals surface area contributed by atoms with Gasteiger partial charge in [-0.1, -0.05) is 28.1 Å². The SMILES string of the molecule is COc1cc(Br)c(/C=C/C(=O)c2ccccc2F)cc1O. The van der Waals surface area contributed by atoms with Gasteiger partial charge in [0.05, 0.1) is 12.7 Å². The van der Waals surface area contributed by atoms with Crippen molar-refractivity contribution in [3.05, 3.63) is 63.9 Å². The molecule has 3 nitrogen and oxygen atoms in total. The van der Waals surface area contributed by atoms with E-state index in [4.69, 9.17) is 4.74 Å². The van der Waals surface area contributed by atoms with Crippen LogP contribution >= 0.6 is 15.9 Å². The number of benzene rings is 2. The monoisotopic (exact) mass is 350 g/mol. The number of hydrogen-bond acceptors (Lipinski definition) is 3. The van der Waals surface area contributed by atoms with Crippen molar-refractivity contribution >= 4 is 27.8 Å². The van der Waals surface area contributed by atoms with Gasteiger partial charge < -0.3 is 9.84 Å². The number of phenols is 1. The molecule has 0 spiro atoms. The highest BCUT2D eigenvalue weighted by atomic mass is 79.9. The van der Waals surface area contributed by atoms with E-state index in [1.807, 2.05) is 0 Å². The van der Waals surface area contributed by atoms with E-state index in [-0.39, 0.29) is 11.3 Å². The second-order valence-corrected chi connectivity index (χ2v) is 5.08. The first-order chi connectivity index (χ1) is 10.0. The van der Waals surface area contributed by atoms with E-state index in [1.165, 1.54) is 43.5 Å². The van der Waals surface area contributed by atoms with Crippen molar-refractivity contribution in [2.45, 2.75) is 0 Å². The number of halogens is 2. The zero-order valence-electron chi connectivity index (χ0n) is 11.1. The van der Waals surface area contributed by atoms with E-state index < -0.39 is 11.6 Å². The van der Waals surface area contributed by atoms with Gasteiger partial charge >= 0.3 is 0 Å². The summed E-state index contributed by atoms with van der Waals surface area (Å²) in [4.78, 5) is 11.9. The summed E-state index contributed by atoms with van der Waals surface area (Å²) < 4.78 is 19.1. The maximum atomic E-state index is 13.5. The third-order valence-electron chi connectivity index (χ3n) is 2.85. The van der Waals surface area contributed by atoms with Gasteiger partial charge in [-0.15, -0.1) is 0 Å². The number of rotatable bonds is 4. The zero-order valence-corrected chi connectivity index (χ0v) is 12.7. The lowest BCUT2D eigenvalue weighted by Crippen LogP contribution is -1.97. The first kappa shape index (κ1) is 15.3. The number of methoxy groups -OCH3 is 1. The van der Waals surface area contributed by atoms with Crippen molar-refractivity contribution in [1.82, 2.24) is 0 Å². The molecule has 1 N–H and O–H groups in total. The van der Waals surface area contributed by atoms with E-state index in [1.54, 1.807) is 12.1 Å². The number of aromatic hydroxyl groups is 1. The topological polar surface area (TPSA) is 46.5 Å². The molecule has 0 aliphatic carbocycles. The summed E-state index contributed by atoms with van der Waals surface area (Å²) >= 11 is 3.32. The molecule has 0 amide bonds. The third kappa shape index (κ3) is 3.49. The van der Waals surface area contributed by atoms with Crippen LogP contribution in [0.5, 0.6) is 11.5 Å². The smallest absolute Gasteiger partial charge is 0.188 e. The zero-order chi connectivity index (χ0) is 15.4. The lowest BCUT2D eigenvalue weighted by Gasteiger charge is -2.06. The highest BCUT2D eigenvalue weighted by Crippen LogP contribution is 2.33. The van der Waals surface area contributed by atoms with Crippen LogP contribution in [0.25, 0.3) is 6.08 Å². The number of ether oxygens (including phenoxy) is 1. The summed E-state index contributed by atoms with van der Waals surface area (Å²) in [6.07, 6.45) is 2.75. The van der Waals surface area contributed by atoms with Crippen LogP contribution in [0.3, 0.4) is 0 Å². The molecular weight excluding hydrogens is 339 g/mol. The van der Waals surface area contributed by atoms with Gasteiger partial charge in [0.15, 0.2) is 17.3 Å². The minimum Gasteiger partial charge on any atom is -0.504 e. The quantitative estimate of drug-likeness (QED) is 0.663. The Morgan fingerprint density at radius 1 is 1.33 bits per heavy atom. The molecule has 0 saturated carbocycles. The molecule has 0 atom stereocenters. The average Bonchev–Trinajstić information content (AvgIpc) is 2.47. The molecule has 0 aromatic heterocycles. The summed E-state index contributed by atoms with van der Waals surface area (Å²) in [6.45, 7) is 0. The van der Waals surface area contributed by atoms with Gasteiger partial charge in [-0.05, 0) is 42.0 Å². The minimum absolute atomic E-state index is 0.00241. The Morgan fingerprint density at radius 3 is 2.71 bits per heavy atom. The summed E-state index contributed by atoms with van der Waals surface area (Å²) in [5.41, 5.74) is 0.584. The van der Waals surface area contributed by atoms with Gasteiger partial charge in [0, 0.05) is 4.47 Å². The van der Waals surface area contributed by atoms with E-state index in [0.29, 0.717) is 15.8 Å². The Morgan fingerprint density at radius 2 is 2.05 bits per heavy atom. The van der Waals surface area contributed by atoms with Crippen molar-refractivity contribution < 1.29 is 19.0 Å². The van der Waals surface area contributed by atoms with E-state index in [2.05, 4.69) is 15.9 Å². The molecule has 2 aromatic rings. The van der Waals surface area contributed by atoms with Crippen molar-refractivity contribution in [3.63, 3.8) is 0 Å². The summed E-state index contributed by atoms with van der Waals surface area (Å²) in [5.74, 6) is -0.739. The summed E-state index contributed by atoms with van der Waals surface area (Å²) in [5, 5.41) is 9.72. The van der Waals surface area contributed by atoms with Crippen molar-refractivity contribution in [1.29, 1.82) is 0 Å². The summed E-state index contributed by atoms with van der Waals surface area (Å²) in [6, 6.07) is 8.81. The predicted molar refractivity (Wildman–Crippen MR) is 82.1 cm³/mol. The Kier molecular flexibility index (Phi) is 4.75. The minimum atomic E-state index is -0.566. The van der Waals surface area contributed by atoms with Gasteiger partial charge in [0.2, 0.25) is 0 Å². The predicted octanol–water partition coefficient (Wildman–Crippen LogP) is 4.20. The summed E-state index contributed by atoms with van der Waals surface area (Å²) in [7, 11) is 1.44. The van der Waals surface area contributed by atoms with E-state index >= 15 is 0 Å². The van der Waals surface area contributed by atoms with Crippen LogP contribution in [0.1, 0.15) is 15.9 Å². The molecule has 0 aliphatic rings. The van der Waals surface area contributed by atoms with Gasteiger partial charge in [-0.3, -0.25) is 4.79 Å². The fourth-order valence-corrected chi connectivity index (χ4v) is 2.22. The number of allylic oxidation sites excluding steroid dienone is 1. The van der Waals surface area contributed by atoms with Crippen LogP contribution in [-0.4, -0.2) is 18.0 Å². The van der Waals surface area contributed by atoms with Gasteiger partial charge in [0.1, 0.15) is 5.82 Å². The van der Waals surface area contributed by atoms with Crippen molar-refractivity contribution in [2.75, 3.05) is 7.11 Å². The van der Waals surface area contributed by atoms with Crippen molar-refractivity contribution in [2.24, 2.45) is 0 Å². The Hall–Kier alpha value is -2.14. The van der Waals surface area contributed by atoms with Gasteiger partial charge in [0.25, 0.3) is 0 Å². The molecule has 0 heterocycles. The number of ketones is 1. The molecule has 0 radical (unpaired) electrons. The molecule has 0 aliphatic heterocycles. The second-order valence-electron chi connectivity index (χ2n) is 4.22. The second kappa shape index (κ2) is 6.54. The van der Waals surface area contributed by atoms with Crippen LogP contribution in [-0.2, 0) is 0 Å². The van der Waals surface area contributed by atoms with Crippen LogP contribution in [0, 0.1) is 5.82 Å². The lowest BCUT2D eigenvalue weighted by molar-refractivity contribution is 0.104. The molecule has 0 unspecified atom stereocenters. The normalized spacial score (nSPS) is 10.8. The maximum Gasteiger partial charge on any atom is 0.188 e. The number of hydrogen-bond donors (Lipinski definition) is 1. The molecule has 2 aromatic carbocycles. The van der Waals surface area contributed by atoms with Crippen LogP contribution in [0.2, 0.25) is 0 Å². The third-order valence-corrected chi connectivity index (χ3v) is 3.54. The Balaban J connectivity index is 2.28. The largest absolute Gasteiger partial charge is 0.504 e. The highest BCUT2D eigenvalue weighted by molar-refractivity contribution is 9.10. The molecule has 0 fully saturated rings. The van der Waals surface area contributed by atoms with Crippen LogP contribution < -0.4 is 4.74 Å². The molecule has 21 heavy (non-hydrogen) atoms. The fourth-order valence-electron chi connectivity index (χ4n) is 1.77. The van der Waals surface area contributed by atoms with Crippen LogP contribution in [0.4, 0.5) is 4.39 Å². The maximum absolute atomic E-state index is 13.5.